The van der Waals surface area contributed by atoms with Crippen LogP contribution in [0.25, 0.3) is 0 Å². The topological polar surface area (TPSA) is 66.8 Å². The van der Waals surface area contributed by atoms with E-state index in [0.717, 1.165) is 32.2 Å². The highest BCUT2D eigenvalue weighted by molar-refractivity contribution is 5.79. The van der Waals surface area contributed by atoms with Gasteiger partial charge in [0.2, 0.25) is 5.91 Å². The number of nitrogens with zero attached hydrogens (tertiary/aromatic N) is 1. The maximum absolute atomic E-state index is 12.5. The maximum atomic E-state index is 12.5. The van der Waals surface area contributed by atoms with Crippen molar-refractivity contribution in [2.45, 2.75) is 57.6 Å². The van der Waals surface area contributed by atoms with Crippen LogP contribution in [0, 0.1) is 5.92 Å². The molecule has 1 amide bonds. The normalized spacial score (nSPS) is 31.4. The molecule has 3 atom stereocenters. The molecule has 0 spiro atoms. The number of carboxylic acid groups (broad SMARTS) is 1. The molecule has 2 fully saturated rings. The largest absolute Gasteiger partial charge is 0.481 e. The molecule has 2 heterocycles. The van der Waals surface area contributed by atoms with Crippen molar-refractivity contribution in [3.8, 4) is 0 Å². The fraction of sp³-hybridized carbons (Fsp3) is 0.857. The van der Waals surface area contributed by atoms with Gasteiger partial charge in [0.05, 0.1) is 18.6 Å². The van der Waals surface area contributed by atoms with E-state index in [1.54, 1.807) is 0 Å². The van der Waals surface area contributed by atoms with Crippen molar-refractivity contribution in [1.29, 1.82) is 0 Å². The number of aliphatic carboxylic acids is 1. The standard InChI is InChI=1S/C14H23NO4/c1-10-8-11(9-19-10)14(18)15-7-3-2-4-12(15)5-6-13(16)17/h10-12H,2-9H2,1H3,(H,16,17). The Hall–Kier alpha value is -1.10. The minimum Gasteiger partial charge on any atom is -0.481 e. The molecule has 5 heteroatoms. The summed E-state index contributed by atoms with van der Waals surface area (Å²) in [6.45, 7) is 3.28. The number of carbonyl (C=O) groups is 2. The van der Waals surface area contributed by atoms with E-state index in [-0.39, 0.29) is 30.4 Å². The van der Waals surface area contributed by atoms with E-state index in [0.29, 0.717) is 13.0 Å². The third-order valence-electron chi connectivity index (χ3n) is 4.15. The monoisotopic (exact) mass is 269 g/mol. The molecule has 0 aliphatic carbocycles. The number of amides is 1. The Bertz CT molecular complexity index is 344. The lowest BCUT2D eigenvalue weighted by molar-refractivity contribution is -0.142. The molecule has 2 aliphatic heterocycles. The summed E-state index contributed by atoms with van der Waals surface area (Å²) in [5.74, 6) is -0.643. The molecule has 2 rings (SSSR count). The van der Waals surface area contributed by atoms with Gasteiger partial charge in [-0.3, -0.25) is 9.59 Å². The average Bonchev–Trinajstić information content (AvgIpc) is 2.82. The molecular formula is C14H23NO4. The van der Waals surface area contributed by atoms with Crippen molar-refractivity contribution < 1.29 is 19.4 Å². The molecule has 1 N–H and O–H groups in total. The first-order valence-corrected chi connectivity index (χ1v) is 7.22. The fourth-order valence-electron chi connectivity index (χ4n) is 3.10. The van der Waals surface area contributed by atoms with Crippen LogP contribution in [0.1, 0.15) is 45.4 Å². The third-order valence-corrected chi connectivity index (χ3v) is 4.15. The third kappa shape index (κ3) is 3.69. The summed E-state index contributed by atoms with van der Waals surface area (Å²) in [7, 11) is 0. The Morgan fingerprint density at radius 3 is 2.79 bits per heavy atom. The van der Waals surface area contributed by atoms with E-state index >= 15 is 0 Å². The zero-order valence-corrected chi connectivity index (χ0v) is 11.5. The summed E-state index contributed by atoms with van der Waals surface area (Å²) < 4.78 is 5.47. The zero-order valence-electron chi connectivity index (χ0n) is 11.5. The zero-order chi connectivity index (χ0) is 13.8. The van der Waals surface area contributed by atoms with Crippen molar-refractivity contribution in [2.24, 2.45) is 5.92 Å². The average molecular weight is 269 g/mol. The number of likely N-dealkylation sites (tertiary alicyclic amines) is 1. The first-order valence-electron chi connectivity index (χ1n) is 7.22. The molecule has 0 aromatic rings. The van der Waals surface area contributed by atoms with Crippen molar-refractivity contribution in [3.05, 3.63) is 0 Å². The van der Waals surface area contributed by atoms with E-state index in [1.807, 2.05) is 11.8 Å². The van der Waals surface area contributed by atoms with Crippen LogP contribution in [0.15, 0.2) is 0 Å². The highest BCUT2D eigenvalue weighted by atomic mass is 16.5. The number of hydrogen-bond donors (Lipinski definition) is 1. The Morgan fingerprint density at radius 1 is 1.37 bits per heavy atom. The van der Waals surface area contributed by atoms with Crippen LogP contribution in [0.4, 0.5) is 0 Å². The van der Waals surface area contributed by atoms with Gasteiger partial charge < -0.3 is 14.7 Å². The highest BCUT2D eigenvalue weighted by Gasteiger charge is 2.35. The predicted octanol–water partition coefficient (Wildman–Crippen LogP) is 1.66. The highest BCUT2D eigenvalue weighted by Crippen LogP contribution is 2.27. The van der Waals surface area contributed by atoms with Gasteiger partial charge in [-0.2, -0.15) is 0 Å². The number of carbonyl (C=O) groups excluding carboxylic acids is 1. The lowest BCUT2D eigenvalue weighted by Gasteiger charge is -2.37. The molecule has 0 radical (unpaired) electrons. The van der Waals surface area contributed by atoms with Gasteiger partial charge in [-0.15, -0.1) is 0 Å². The molecular weight excluding hydrogens is 246 g/mol. The van der Waals surface area contributed by atoms with Crippen LogP contribution < -0.4 is 0 Å². The lowest BCUT2D eigenvalue weighted by atomic mass is 9.95. The molecule has 0 saturated carbocycles. The van der Waals surface area contributed by atoms with E-state index in [1.165, 1.54) is 0 Å². The van der Waals surface area contributed by atoms with E-state index in [9.17, 15) is 9.59 Å². The minimum absolute atomic E-state index is 0.0274. The van der Waals surface area contributed by atoms with Crippen molar-refractivity contribution in [3.63, 3.8) is 0 Å². The number of rotatable bonds is 4. The first kappa shape index (κ1) is 14.3. The van der Waals surface area contributed by atoms with Gasteiger partial charge in [0.25, 0.3) is 0 Å². The predicted molar refractivity (Wildman–Crippen MR) is 69.7 cm³/mol. The van der Waals surface area contributed by atoms with Gasteiger partial charge in [-0.25, -0.2) is 0 Å². The quantitative estimate of drug-likeness (QED) is 0.843. The van der Waals surface area contributed by atoms with E-state index in [2.05, 4.69) is 0 Å². The lowest BCUT2D eigenvalue weighted by Crippen LogP contribution is -2.46. The number of piperidine rings is 1. The van der Waals surface area contributed by atoms with Gasteiger partial charge >= 0.3 is 5.97 Å². The van der Waals surface area contributed by atoms with Gasteiger partial charge in [0.15, 0.2) is 0 Å². The van der Waals surface area contributed by atoms with Gasteiger partial charge in [0.1, 0.15) is 0 Å². The summed E-state index contributed by atoms with van der Waals surface area (Å²) in [6, 6.07) is 0.105. The molecule has 108 valence electrons. The molecule has 19 heavy (non-hydrogen) atoms. The fourth-order valence-corrected chi connectivity index (χ4v) is 3.10. The second kappa shape index (κ2) is 6.37. The van der Waals surface area contributed by atoms with Crippen LogP contribution in [0.3, 0.4) is 0 Å². The van der Waals surface area contributed by atoms with Crippen LogP contribution in [-0.2, 0) is 14.3 Å². The second-order valence-corrected chi connectivity index (χ2v) is 5.69. The number of hydrogen-bond acceptors (Lipinski definition) is 3. The van der Waals surface area contributed by atoms with Crippen LogP contribution in [0.2, 0.25) is 0 Å². The molecule has 0 aromatic carbocycles. The van der Waals surface area contributed by atoms with Gasteiger partial charge in [0, 0.05) is 19.0 Å². The Kier molecular flexibility index (Phi) is 4.80. The Labute approximate surface area is 113 Å². The summed E-state index contributed by atoms with van der Waals surface area (Å²) in [5, 5.41) is 8.79. The summed E-state index contributed by atoms with van der Waals surface area (Å²) in [6.07, 6.45) is 4.72. The molecule has 5 nitrogen and oxygen atoms in total. The van der Waals surface area contributed by atoms with Gasteiger partial charge in [-0.05, 0) is 39.0 Å². The minimum atomic E-state index is -0.782. The Morgan fingerprint density at radius 2 is 2.16 bits per heavy atom. The summed E-state index contributed by atoms with van der Waals surface area (Å²) >= 11 is 0. The molecule has 0 aromatic heterocycles. The van der Waals surface area contributed by atoms with E-state index < -0.39 is 5.97 Å². The molecule has 2 aliphatic rings. The maximum Gasteiger partial charge on any atom is 0.303 e. The van der Waals surface area contributed by atoms with Crippen molar-refractivity contribution >= 4 is 11.9 Å². The number of carboxylic acids is 1. The van der Waals surface area contributed by atoms with Crippen molar-refractivity contribution in [2.75, 3.05) is 13.2 Å². The van der Waals surface area contributed by atoms with Gasteiger partial charge in [-0.1, -0.05) is 0 Å². The molecule has 0 bridgehead atoms. The first-order chi connectivity index (χ1) is 9.08. The SMILES string of the molecule is CC1CC(C(=O)N2CCCCC2CCC(=O)O)CO1. The summed E-state index contributed by atoms with van der Waals surface area (Å²) in [5.41, 5.74) is 0. The molecule has 2 saturated heterocycles. The molecule has 3 unspecified atom stereocenters. The smallest absolute Gasteiger partial charge is 0.303 e. The van der Waals surface area contributed by atoms with Crippen LogP contribution in [0.5, 0.6) is 0 Å². The van der Waals surface area contributed by atoms with Crippen molar-refractivity contribution in [1.82, 2.24) is 4.90 Å². The van der Waals surface area contributed by atoms with Crippen LogP contribution in [-0.4, -0.2) is 47.2 Å². The van der Waals surface area contributed by atoms with Crippen LogP contribution >= 0.6 is 0 Å². The number of ether oxygens (including phenoxy) is 1. The second-order valence-electron chi connectivity index (χ2n) is 5.69. The summed E-state index contributed by atoms with van der Waals surface area (Å²) in [4.78, 5) is 25.1. The Balaban J connectivity index is 1.94. The van der Waals surface area contributed by atoms with E-state index in [4.69, 9.17) is 9.84 Å².